The third-order valence-electron chi connectivity index (χ3n) is 4.30. The summed E-state index contributed by atoms with van der Waals surface area (Å²) in [6, 6.07) is 0. The molecule has 0 aliphatic carbocycles. The summed E-state index contributed by atoms with van der Waals surface area (Å²) in [7, 11) is 0. The molecule has 0 heterocycles. The van der Waals surface area contributed by atoms with E-state index in [9.17, 15) is 4.79 Å². The first-order valence-corrected chi connectivity index (χ1v) is 10.8. The van der Waals surface area contributed by atoms with Gasteiger partial charge in [-0.25, -0.2) is 0 Å². The lowest BCUT2D eigenvalue weighted by Crippen LogP contribution is -2.23. The van der Waals surface area contributed by atoms with E-state index in [1.807, 2.05) is 0 Å². The minimum Gasteiger partial charge on any atom is -0.464 e. The fraction of sp³-hybridized carbons (Fsp3) is 0.950. The van der Waals surface area contributed by atoms with Gasteiger partial charge in [-0.2, -0.15) is 0 Å². The van der Waals surface area contributed by atoms with Crippen LogP contribution in [0.25, 0.3) is 0 Å². The third-order valence-corrected chi connectivity index (χ3v) is 4.49. The molecule has 0 saturated carbocycles. The highest BCUT2D eigenvalue weighted by molar-refractivity contribution is 6.18. The number of ether oxygens (including phenoxy) is 1. The molecule has 25 heavy (non-hydrogen) atoms. The first-order valence-electron chi connectivity index (χ1n) is 10.2. The van der Waals surface area contributed by atoms with Gasteiger partial charge in [0.1, 0.15) is 6.61 Å². The number of nitrogens with one attached hydrogen (secondary N) is 1. The van der Waals surface area contributed by atoms with E-state index in [-0.39, 0.29) is 18.4 Å². The van der Waals surface area contributed by atoms with Crippen LogP contribution in [0, 0.1) is 0 Å². The maximum absolute atomic E-state index is 11.5. The van der Waals surface area contributed by atoms with Gasteiger partial charge < -0.3 is 10.1 Å². The summed E-state index contributed by atoms with van der Waals surface area (Å²) in [6.07, 6.45) is 17.8. The van der Waals surface area contributed by atoms with E-state index < -0.39 is 0 Å². The fourth-order valence-corrected chi connectivity index (χ4v) is 2.92. The number of alkyl halides is 1. The largest absolute Gasteiger partial charge is 0.464 e. The minimum atomic E-state index is -0.0641. The van der Waals surface area contributed by atoms with Gasteiger partial charge in [-0.15, -0.1) is 24.0 Å². The zero-order valence-corrected chi connectivity index (χ0v) is 17.9. The molecule has 0 aliphatic rings. The normalized spacial score (nSPS) is 10.5. The number of hydrogen-bond acceptors (Lipinski definition) is 3. The molecular weight excluding hydrogens is 357 g/mol. The molecule has 0 radical (unpaired) electrons. The van der Waals surface area contributed by atoms with E-state index in [1.54, 1.807) is 0 Å². The number of carbonyl (C=O) groups is 1. The molecule has 0 aromatic carbocycles. The van der Waals surface area contributed by atoms with Crippen molar-refractivity contribution in [2.75, 3.05) is 25.6 Å². The molecule has 3 nitrogen and oxygen atoms in total. The molecule has 0 spiro atoms. The van der Waals surface area contributed by atoms with Crippen molar-refractivity contribution in [1.29, 1.82) is 0 Å². The Bertz CT molecular complexity index is 266. The summed E-state index contributed by atoms with van der Waals surface area (Å²) in [4.78, 5) is 11.5. The first kappa shape index (κ1) is 27.2. The van der Waals surface area contributed by atoms with Crippen molar-refractivity contribution in [2.45, 2.75) is 96.8 Å². The standard InChI is InChI=1S/C20H40ClNO2.ClH/c1-2-3-4-5-6-7-8-9-10-11-12-13-14-15-20(23)24-19-18-22-17-16-21;/h22H,2-19H2,1H3;1H. The van der Waals surface area contributed by atoms with Crippen molar-refractivity contribution in [1.82, 2.24) is 5.32 Å². The molecule has 0 saturated heterocycles. The Kier molecular flexibility index (Phi) is 26.2. The Morgan fingerprint density at radius 2 is 1.28 bits per heavy atom. The van der Waals surface area contributed by atoms with Crippen molar-refractivity contribution in [3.63, 3.8) is 0 Å². The maximum Gasteiger partial charge on any atom is 0.305 e. The second-order valence-electron chi connectivity index (χ2n) is 6.65. The predicted octanol–water partition coefficient (Wildman–Crippen LogP) is 6.26. The molecule has 0 aliphatic heterocycles. The molecule has 0 aromatic heterocycles. The quantitative estimate of drug-likeness (QED) is 0.158. The molecule has 0 fully saturated rings. The van der Waals surface area contributed by atoms with Crippen LogP contribution in [-0.4, -0.2) is 31.5 Å². The SMILES string of the molecule is CCCCCCCCCCCCCCCC(=O)OCCNCCCl.Cl. The van der Waals surface area contributed by atoms with Crippen molar-refractivity contribution in [3.05, 3.63) is 0 Å². The van der Waals surface area contributed by atoms with Gasteiger partial charge >= 0.3 is 5.97 Å². The lowest BCUT2D eigenvalue weighted by molar-refractivity contribution is -0.143. The van der Waals surface area contributed by atoms with Gasteiger partial charge in [0.05, 0.1) is 0 Å². The topological polar surface area (TPSA) is 38.3 Å². The predicted molar refractivity (Wildman–Crippen MR) is 112 cm³/mol. The number of unbranched alkanes of at least 4 members (excludes halogenated alkanes) is 12. The molecule has 5 heteroatoms. The number of esters is 1. The monoisotopic (exact) mass is 397 g/mol. The molecule has 1 N–H and O–H groups in total. The highest BCUT2D eigenvalue weighted by Gasteiger charge is 2.02. The van der Waals surface area contributed by atoms with Crippen LogP contribution in [0.1, 0.15) is 96.8 Å². The molecule has 0 atom stereocenters. The van der Waals surface area contributed by atoms with Crippen LogP contribution < -0.4 is 5.32 Å². The number of hydrogen-bond donors (Lipinski definition) is 1. The average molecular weight is 398 g/mol. The summed E-state index contributed by atoms with van der Waals surface area (Å²) in [5, 5.41) is 3.10. The highest BCUT2D eigenvalue weighted by Crippen LogP contribution is 2.13. The second kappa shape index (κ2) is 24.0. The van der Waals surface area contributed by atoms with Crippen LogP contribution in [0.2, 0.25) is 0 Å². The molecule has 0 rings (SSSR count). The molecule has 0 unspecified atom stereocenters. The summed E-state index contributed by atoms with van der Waals surface area (Å²) in [5.41, 5.74) is 0. The Balaban J connectivity index is 0. The molecule has 0 bridgehead atoms. The molecular formula is C20H41Cl2NO2. The van der Waals surface area contributed by atoms with E-state index in [4.69, 9.17) is 16.3 Å². The lowest BCUT2D eigenvalue weighted by atomic mass is 10.0. The number of carbonyl (C=O) groups excluding carboxylic acids is 1. The van der Waals surface area contributed by atoms with Gasteiger partial charge in [-0.3, -0.25) is 4.79 Å². The van der Waals surface area contributed by atoms with Gasteiger partial charge in [-0.1, -0.05) is 84.0 Å². The second-order valence-corrected chi connectivity index (χ2v) is 7.03. The number of rotatable bonds is 19. The number of halogens is 2. The molecule has 0 aromatic rings. The highest BCUT2D eigenvalue weighted by atomic mass is 35.5. The Morgan fingerprint density at radius 3 is 1.76 bits per heavy atom. The van der Waals surface area contributed by atoms with Crippen LogP contribution in [0.4, 0.5) is 0 Å². The van der Waals surface area contributed by atoms with Crippen molar-refractivity contribution in [3.8, 4) is 0 Å². The average Bonchev–Trinajstić information content (AvgIpc) is 2.59. The summed E-state index contributed by atoms with van der Waals surface area (Å²) < 4.78 is 5.15. The van der Waals surface area contributed by atoms with Crippen LogP contribution in [-0.2, 0) is 9.53 Å². The van der Waals surface area contributed by atoms with Crippen LogP contribution >= 0.6 is 24.0 Å². The summed E-state index contributed by atoms with van der Waals surface area (Å²) >= 11 is 5.54. The summed E-state index contributed by atoms with van der Waals surface area (Å²) in [5.74, 6) is 0.526. The lowest BCUT2D eigenvalue weighted by Gasteiger charge is -2.05. The van der Waals surface area contributed by atoms with Gasteiger partial charge in [0.25, 0.3) is 0 Å². The van der Waals surface area contributed by atoms with E-state index >= 15 is 0 Å². The smallest absolute Gasteiger partial charge is 0.305 e. The molecule has 152 valence electrons. The van der Waals surface area contributed by atoms with Gasteiger partial charge in [0, 0.05) is 25.4 Å². The zero-order chi connectivity index (χ0) is 17.7. The van der Waals surface area contributed by atoms with Crippen molar-refractivity contribution in [2.24, 2.45) is 0 Å². The van der Waals surface area contributed by atoms with E-state index in [1.165, 1.54) is 70.6 Å². The Morgan fingerprint density at radius 1 is 0.800 bits per heavy atom. The van der Waals surface area contributed by atoms with Crippen molar-refractivity contribution < 1.29 is 9.53 Å². The van der Waals surface area contributed by atoms with E-state index in [2.05, 4.69) is 12.2 Å². The fourth-order valence-electron chi connectivity index (χ4n) is 2.79. The Labute approximate surface area is 167 Å². The maximum atomic E-state index is 11.5. The first-order chi connectivity index (χ1) is 11.8. The van der Waals surface area contributed by atoms with Crippen LogP contribution in [0.15, 0.2) is 0 Å². The van der Waals surface area contributed by atoms with Crippen LogP contribution in [0.5, 0.6) is 0 Å². The van der Waals surface area contributed by atoms with Gasteiger partial charge in [0.15, 0.2) is 0 Å². The van der Waals surface area contributed by atoms with Gasteiger partial charge in [0.2, 0.25) is 0 Å². The van der Waals surface area contributed by atoms with E-state index in [0.29, 0.717) is 25.5 Å². The van der Waals surface area contributed by atoms with E-state index in [0.717, 1.165) is 19.4 Å². The molecule has 0 amide bonds. The minimum absolute atomic E-state index is 0. The third kappa shape index (κ3) is 24.0. The zero-order valence-electron chi connectivity index (χ0n) is 16.3. The van der Waals surface area contributed by atoms with Gasteiger partial charge in [-0.05, 0) is 6.42 Å². The summed E-state index contributed by atoms with van der Waals surface area (Å²) in [6.45, 7) is 4.17. The van der Waals surface area contributed by atoms with Crippen molar-refractivity contribution >= 4 is 30.0 Å². The Hall–Kier alpha value is 0.01000. The van der Waals surface area contributed by atoms with Crippen LogP contribution in [0.3, 0.4) is 0 Å².